The van der Waals surface area contributed by atoms with Crippen molar-refractivity contribution in [3.05, 3.63) is 30.6 Å². The van der Waals surface area contributed by atoms with E-state index in [1.165, 1.54) is 6.33 Å². The Bertz CT molecular complexity index is 1020. The van der Waals surface area contributed by atoms with E-state index in [-0.39, 0.29) is 11.8 Å². The van der Waals surface area contributed by atoms with E-state index in [2.05, 4.69) is 15.3 Å². The van der Waals surface area contributed by atoms with Gasteiger partial charge in [0.1, 0.15) is 17.4 Å². The Morgan fingerprint density at radius 3 is 2.77 bits per heavy atom. The highest BCUT2D eigenvalue weighted by atomic mass is 32.2. The van der Waals surface area contributed by atoms with Crippen molar-refractivity contribution in [1.29, 1.82) is 0 Å². The van der Waals surface area contributed by atoms with E-state index in [1.54, 1.807) is 4.31 Å². The number of rotatable bonds is 5. The second-order valence-corrected chi connectivity index (χ2v) is 8.72. The summed E-state index contributed by atoms with van der Waals surface area (Å²) >= 11 is 0. The van der Waals surface area contributed by atoms with Gasteiger partial charge in [-0.3, -0.25) is 0 Å². The molecule has 3 aromatic rings. The summed E-state index contributed by atoms with van der Waals surface area (Å²) in [5, 5.41) is 4.39. The van der Waals surface area contributed by atoms with Gasteiger partial charge in [-0.2, -0.15) is 0 Å². The van der Waals surface area contributed by atoms with Crippen molar-refractivity contribution < 1.29 is 12.8 Å². The topological polar surface area (TPSA) is 88.3 Å². The summed E-state index contributed by atoms with van der Waals surface area (Å²) in [6, 6.07) is 7.94. The molecule has 1 fully saturated rings. The lowest BCUT2D eigenvalue weighted by Crippen LogP contribution is -2.43. The molecule has 0 unspecified atom stereocenters. The van der Waals surface area contributed by atoms with E-state index in [0.717, 1.165) is 29.3 Å². The maximum atomic E-state index is 12.2. The number of anilines is 1. The average Bonchev–Trinajstić information content (AvgIpc) is 3.02. The number of benzene rings is 1. The number of nitrogens with one attached hydrogen (secondary N) is 1. The van der Waals surface area contributed by atoms with Gasteiger partial charge in [0.25, 0.3) is 0 Å². The molecule has 8 heteroatoms. The first kappa shape index (κ1) is 17.2. The number of aromatic nitrogens is 2. The Hall–Kier alpha value is -2.19. The Morgan fingerprint density at radius 1 is 1.23 bits per heavy atom. The molecule has 1 N–H and O–H groups in total. The molecule has 7 nitrogen and oxygen atoms in total. The number of furan rings is 1. The molecule has 1 aliphatic rings. The van der Waals surface area contributed by atoms with Crippen LogP contribution >= 0.6 is 0 Å². The molecule has 4 rings (SSSR count). The highest BCUT2D eigenvalue weighted by molar-refractivity contribution is 7.89. The maximum Gasteiger partial charge on any atom is 0.214 e. The zero-order chi connectivity index (χ0) is 18.1. The lowest BCUT2D eigenvalue weighted by molar-refractivity contribution is 0.329. The monoisotopic (exact) mass is 374 g/mol. The van der Waals surface area contributed by atoms with Gasteiger partial charge in [0.05, 0.1) is 5.75 Å². The first-order valence-electron chi connectivity index (χ1n) is 8.95. The van der Waals surface area contributed by atoms with E-state index >= 15 is 0 Å². The summed E-state index contributed by atoms with van der Waals surface area (Å²) in [4.78, 5) is 8.70. The number of hydrogen-bond donors (Lipinski definition) is 1. The van der Waals surface area contributed by atoms with Crippen molar-refractivity contribution >= 4 is 37.9 Å². The Balaban J connectivity index is 1.52. The van der Waals surface area contributed by atoms with Crippen molar-refractivity contribution in [2.75, 3.05) is 24.2 Å². The van der Waals surface area contributed by atoms with Crippen molar-refractivity contribution in [3.8, 4) is 0 Å². The predicted molar refractivity (Wildman–Crippen MR) is 102 cm³/mol. The molecule has 0 saturated carbocycles. The van der Waals surface area contributed by atoms with Crippen LogP contribution < -0.4 is 5.32 Å². The van der Waals surface area contributed by atoms with Gasteiger partial charge in [0, 0.05) is 24.5 Å². The summed E-state index contributed by atoms with van der Waals surface area (Å²) in [6.07, 6.45) is 3.67. The van der Waals surface area contributed by atoms with Crippen LogP contribution in [0.5, 0.6) is 0 Å². The normalized spacial score (nSPS) is 17.1. The van der Waals surface area contributed by atoms with E-state index in [9.17, 15) is 8.42 Å². The largest absolute Gasteiger partial charge is 0.450 e. The summed E-state index contributed by atoms with van der Waals surface area (Å²) in [6.45, 7) is 2.96. The molecule has 0 bridgehead atoms. The third-order valence-corrected chi connectivity index (χ3v) is 6.88. The summed E-state index contributed by atoms with van der Waals surface area (Å²) in [5.74, 6) is 0.887. The standard InChI is InChI=1S/C18H22N4O3S/c1-2-11-26(23,24)22-9-7-13(8-10-22)21-18-17-16(19-12-20-18)14-5-3-4-6-15(14)25-17/h3-6,12-13H,2,7-11H2,1H3,(H,19,20,21). The fourth-order valence-corrected chi connectivity index (χ4v) is 5.03. The van der Waals surface area contributed by atoms with Crippen LogP contribution in [0.1, 0.15) is 26.2 Å². The van der Waals surface area contributed by atoms with Crippen LogP contribution in [0.4, 0.5) is 5.82 Å². The molecule has 0 spiro atoms. The molecule has 26 heavy (non-hydrogen) atoms. The third-order valence-electron chi connectivity index (χ3n) is 4.81. The highest BCUT2D eigenvalue weighted by Crippen LogP contribution is 2.31. The van der Waals surface area contributed by atoms with E-state index in [4.69, 9.17) is 4.42 Å². The van der Waals surface area contributed by atoms with Crippen LogP contribution in [-0.2, 0) is 10.0 Å². The zero-order valence-electron chi connectivity index (χ0n) is 14.7. The molecule has 0 radical (unpaired) electrons. The minimum atomic E-state index is -3.12. The SMILES string of the molecule is CCCS(=O)(=O)N1CCC(Nc2ncnc3c2oc2ccccc23)CC1. The van der Waals surface area contributed by atoms with Gasteiger partial charge in [-0.05, 0) is 31.4 Å². The third kappa shape index (κ3) is 3.14. The summed E-state index contributed by atoms with van der Waals surface area (Å²) in [5.41, 5.74) is 2.22. The molecule has 0 atom stereocenters. The number of sulfonamides is 1. The maximum absolute atomic E-state index is 12.2. The Labute approximate surface area is 152 Å². The molecular formula is C18H22N4O3S. The zero-order valence-corrected chi connectivity index (χ0v) is 15.5. The predicted octanol–water partition coefficient (Wildman–Crippen LogP) is 2.99. The number of piperidine rings is 1. The van der Waals surface area contributed by atoms with Crippen LogP contribution in [0.3, 0.4) is 0 Å². The highest BCUT2D eigenvalue weighted by Gasteiger charge is 2.28. The van der Waals surface area contributed by atoms with Gasteiger partial charge < -0.3 is 9.73 Å². The second-order valence-electron chi connectivity index (χ2n) is 6.63. The number of hydrogen-bond acceptors (Lipinski definition) is 6. The van der Waals surface area contributed by atoms with Crippen molar-refractivity contribution in [1.82, 2.24) is 14.3 Å². The fraction of sp³-hybridized carbons (Fsp3) is 0.444. The summed E-state index contributed by atoms with van der Waals surface area (Å²) < 4.78 is 31.9. The lowest BCUT2D eigenvalue weighted by atomic mass is 10.1. The van der Waals surface area contributed by atoms with Gasteiger partial charge in [-0.15, -0.1) is 0 Å². The second kappa shape index (κ2) is 6.85. The smallest absolute Gasteiger partial charge is 0.214 e. The average molecular weight is 374 g/mol. The van der Waals surface area contributed by atoms with Gasteiger partial charge in [-0.25, -0.2) is 22.7 Å². The van der Waals surface area contributed by atoms with Gasteiger partial charge in [-0.1, -0.05) is 19.1 Å². The number of fused-ring (bicyclic) bond motifs is 3. The van der Waals surface area contributed by atoms with Crippen molar-refractivity contribution in [2.24, 2.45) is 0 Å². The van der Waals surface area contributed by atoms with E-state index in [0.29, 0.717) is 30.9 Å². The Kier molecular flexibility index (Phi) is 4.54. The minimum Gasteiger partial charge on any atom is -0.450 e. The molecule has 1 aromatic carbocycles. The van der Waals surface area contributed by atoms with Crippen LogP contribution in [0.25, 0.3) is 22.1 Å². The molecule has 1 saturated heterocycles. The van der Waals surface area contributed by atoms with Crippen LogP contribution in [0.2, 0.25) is 0 Å². The minimum absolute atomic E-state index is 0.161. The van der Waals surface area contributed by atoms with Crippen molar-refractivity contribution in [2.45, 2.75) is 32.2 Å². The lowest BCUT2D eigenvalue weighted by Gasteiger charge is -2.31. The van der Waals surface area contributed by atoms with Crippen LogP contribution in [0, 0.1) is 0 Å². The van der Waals surface area contributed by atoms with Crippen LogP contribution in [-0.4, -0.2) is 47.6 Å². The van der Waals surface area contributed by atoms with Gasteiger partial charge in [0.15, 0.2) is 11.4 Å². The first-order chi connectivity index (χ1) is 12.6. The molecular weight excluding hydrogens is 352 g/mol. The van der Waals surface area contributed by atoms with E-state index in [1.807, 2.05) is 31.2 Å². The molecule has 0 aliphatic carbocycles. The molecule has 2 aromatic heterocycles. The molecule has 138 valence electrons. The van der Waals surface area contributed by atoms with Crippen LogP contribution in [0.15, 0.2) is 35.0 Å². The quantitative estimate of drug-likeness (QED) is 0.739. The molecule has 1 aliphatic heterocycles. The van der Waals surface area contributed by atoms with Crippen molar-refractivity contribution in [3.63, 3.8) is 0 Å². The molecule has 0 amide bonds. The van der Waals surface area contributed by atoms with Gasteiger partial charge in [0.2, 0.25) is 10.0 Å². The number of para-hydroxylation sites is 1. The first-order valence-corrected chi connectivity index (χ1v) is 10.6. The Morgan fingerprint density at radius 2 is 2.00 bits per heavy atom. The van der Waals surface area contributed by atoms with E-state index < -0.39 is 10.0 Å². The van der Waals surface area contributed by atoms with Gasteiger partial charge >= 0.3 is 0 Å². The summed E-state index contributed by atoms with van der Waals surface area (Å²) in [7, 11) is -3.12. The fourth-order valence-electron chi connectivity index (χ4n) is 3.49. The molecule has 3 heterocycles. The number of nitrogens with zero attached hydrogens (tertiary/aromatic N) is 3.